The lowest BCUT2D eigenvalue weighted by molar-refractivity contribution is 0.277. The average molecular weight is 448 g/mol. The highest BCUT2D eigenvalue weighted by Gasteiger charge is 2.12. The monoisotopic (exact) mass is 447 g/mol. The molecule has 0 spiro atoms. The number of rotatable bonds is 12. The fourth-order valence-electron chi connectivity index (χ4n) is 3.82. The summed E-state index contributed by atoms with van der Waals surface area (Å²) >= 11 is 6.90. The SMILES string of the molecule is CCN(CC)CCCCCOc1ccc(C(=C(Cl)c2ccccc2)c2ccccc2)cc1. The number of ether oxygens (including phenoxy) is 1. The van der Waals surface area contributed by atoms with Crippen molar-refractivity contribution in [1.29, 1.82) is 0 Å². The predicted molar refractivity (Wildman–Crippen MR) is 138 cm³/mol. The Balaban J connectivity index is 1.66. The van der Waals surface area contributed by atoms with E-state index < -0.39 is 0 Å². The second-order valence-electron chi connectivity index (χ2n) is 7.88. The van der Waals surface area contributed by atoms with Gasteiger partial charge < -0.3 is 9.64 Å². The van der Waals surface area contributed by atoms with Crippen molar-refractivity contribution in [2.45, 2.75) is 33.1 Å². The van der Waals surface area contributed by atoms with E-state index in [1.54, 1.807) is 0 Å². The van der Waals surface area contributed by atoms with Gasteiger partial charge in [-0.1, -0.05) is 98.2 Å². The van der Waals surface area contributed by atoms with Crippen LogP contribution >= 0.6 is 11.6 Å². The molecule has 3 aromatic rings. The van der Waals surface area contributed by atoms with Gasteiger partial charge in [0.25, 0.3) is 0 Å². The minimum atomic E-state index is 0.749. The largest absolute Gasteiger partial charge is 0.494 e. The lowest BCUT2D eigenvalue weighted by Crippen LogP contribution is -2.23. The van der Waals surface area contributed by atoms with Crippen LogP contribution in [0.1, 0.15) is 49.8 Å². The number of unbranched alkanes of at least 4 members (excludes halogenated alkanes) is 2. The lowest BCUT2D eigenvalue weighted by atomic mass is 9.95. The molecule has 32 heavy (non-hydrogen) atoms. The Morgan fingerprint density at radius 3 is 1.84 bits per heavy atom. The minimum Gasteiger partial charge on any atom is -0.494 e. The molecule has 0 unspecified atom stereocenters. The van der Waals surface area contributed by atoms with E-state index in [9.17, 15) is 0 Å². The molecule has 0 atom stereocenters. The summed E-state index contributed by atoms with van der Waals surface area (Å²) in [5, 5.41) is 0.749. The molecule has 0 aromatic heterocycles. The van der Waals surface area contributed by atoms with E-state index in [-0.39, 0.29) is 0 Å². The molecule has 3 heteroatoms. The summed E-state index contributed by atoms with van der Waals surface area (Å²) < 4.78 is 5.99. The van der Waals surface area contributed by atoms with Crippen molar-refractivity contribution in [3.05, 3.63) is 102 Å². The van der Waals surface area contributed by atoms with E-state index in [0.717, 1.165) is 59.2 Å². The van der Waals surface area contributed by atoms with Crippen molar-refractivity contribution in [2.24, 2.45) is 0 Å². The number of hydrogen-bond donors (Lipinski definition) is 0. The van der Waals surface area contributed by atoms with Crippen LogP contribution in [0, 0.1) is 0 Å². The highest BCUT2D eigenvalue weighted by Crippen LogP contribution is 2.35. The van der Waals surface area contributed by atoms with Crippen LogP contribution in [-0.4, -0.2) is 31.1 Å². The number of halogens is 1. The normalized spacial score (nSPS) is 12.0. The Labute approximate surface area is 198 Å². The number of benzene rings is 3. The maximum Gasteiger partial charge on any atom is 0.119 e. The van der Waals surface area contributed by atoms with Crippen LogP contribution in [0.5, 0.6) is 5.75 Å². The Morgan fingerprint density at radius 2 is 1.25 bits per heavy atom. The molecule has 2 nitrogen and oxygen atoms in total. The van der Waals surface area contributed by atoms with Crippen LogP contribution in [0.15, 0.2) is 84.9 Å². The molecule has 0 N–H and O–H groups in total. The van der Waals surface area contributed by atoms with Crippen molar-refractivity contribution < 1.29 is 4.74 Å². The molecule has 3 aromatic carbocycles. The summed E-state index contributed by atoms with van der Waals surface area (Å²) in [6.45, 7) is 8.64. The average Bonchev–Trinajstić information content (AvgIpc) is 2.86. The van der Waals surface area contributed by atoms with Crippen molar-refractivity contribution in [3.63, 3.8) is 0 Å². The lowest BCUT2D eigenvalue weighted by Gasteiger charge is -2.17. The predicted octanol–water partition coefficient (Wildman–Crippen LogP) is 7.73. The molecule has 168 valence electrons. The second kappa shape index (κ2) is 13.1. The quantitative estimate of drug-likeness (QED) is 0.208. The van der Waals surface area contributed by atoms with Crippen molar-refractivity contribution in [1.82, 2.24) is 4.90 Å². The fraction of sp³-hybridized carbons (Fsp3) is 0.310. The zero-order chi connectivity index (χ0) is 22.6. The molecule has 0 heterocycles. The first-order chi connectivity index (χ1) is 15.7. The zero-order valence-corrected chi connectivity index (χ0v) is 20.0. The molecule has 0 aliphatic heterocycles. The Kier molecular flexibility index (Phi) is 9.87. The fourth-order valence-corrected chi connectivity index (χ4v) is 4.16. The van der Waals surface area contributed by atoms with Gasteiger partial charge in [0, 0.05) is 5.57 Å². The maximum atomic E-state index is 6.90. The number of nitrogens with zero attached hydrogens (tertiary/aromatic N) is 1. The third kappa shape index (κ3) is 6.98. The van der Waals surface area contributed by atoms with Gasteiger partial charge in [-0.3, -0.25) is 0 Å². The van der Waals surface area contributed by atoms with Gasteiger partial charge in [0.15, 0.2) is 0 Å². The van der Waals surface area contributed by atoms with Gasteiger partial charge in [-0.15, -0.1) is 0 Å². The Hall–Kier alpha value is -2.55. The third-order valence-corrected chi connectivity index (χ3v) is 6.14. The van der Waals surface area contributed by atoms with Gasteiger partial charge in [-0.05, 0) is 67.7 Å². The molecule has 0 amide bonds. The van der Waals surface area contributed by atoms with Crippen LogP contribution in [0.3, 0.4) is 0 Å². The highest BCUT2D eigenvalue weighted by molar-refractivity contribution is 6.53. The number of hydrogen-bond acceptors (Lipinski definition) is 2. The first kappa shape index (κ1) is 24.1. The molecule has 0 bridgehead atoms. The molecule has 0 radical (unpaired) electrons. The van der Waals surface area contributed by atoms with Crippen molar-refractivity contribution in [3.8, 4) is 5.75 Å². The molecular formula is C29H34ClNO. The molecule has 3 rings (SSSR count). The van der Waals surface area contributed by atoms with E-state index in [4.69, 9.17) is 16.3 Å². The first-order valence-corrected chi connectivity index (χ1v) is 12.1. The van der Waals surface area contributed by atoms with Crippen LogP contribution in [0.2, 0.25) is 0 Å². The summed E-state index contributed by atoms with van der Waals surface area (Å²) in [7, 11) is 0. The molecular weight excluding hydrogens is 414 g/mol. The van der Waals surface area contributed by atoms with Crippen LogP contribution in [-0.2, 0) is 0 Å². The smallest absolute Gasteiger partial charge is 0.119 e. The Morgan fingerprint density at radius 1 is 0.688 bits per heavy atom. The molecule has 0 aliphatic rings. The highest BCUT2D eigenvalue weighted by atomic mass is 35.5. The summed E-state index contributed by atoms with van der Waals surface area (Å²) in [4.78, 5) is 2.47. The van der Waals surface area contributed by atoms with Gasteiger partial charge in [-0.25, -0.2) is 0 Å². The summed E-state index contributed by atoms with van der Waals surface area (Å²) in [5.74, 6) is 0.903. The Bertz CT molecular complexity index is 947. The van der Waals surface area contributed by atoms with Crippen molar-refractivity contribution >= 4 is 22.2 Å². The van der Waals surface area contributed by atoms with Crippen LogP contribution < -0.4 is 4.74 Å². The molecule has 0 fully saturated rings. The zero-order valence-electron chi connectivity index (χ0n) is 19.3. The standard InChI is InChI=1S/C29H34ClNO/c1-3-31(4-2)22-12-7-13-23-32-27-20-18-25(19-21-27)28(24-14-8-5-9-15-24)29(30)26-16-10-6-11-17-26/h5-6,8-11,14-21H,3-4,7,12-13,22-23H2,1-2H3. The second-order valence-corrected chi connectivity index (χ2v) is 8.26. The van der Waals surface area contributed by atoms with Gasteiger partial charge in [0.1, 0.15) is 5.75 Å². The van der Waals surface area contributed by atoms with Gasteiger partial charge in [0.05, 0.1) is 11.6 Å². The minimum absolute atomic E-state index is 0.749. The van der Waals surface area contributed by atoms with E-state index in [1.165, 1.54) is 19.4 Å². The van der Waals surface area contributed by atoms with E-state index >= 15 is 0 Å². The summed E-state index contributed by atoms with van der Waals surface area (Å²) in [5.41, 5.74) is 4.22. The van der Waals surface area contributed by atoms with Crippen LogP contribution in [0.4, 0.5) is 0 Å². The molecule has 0 aliphatic carbocycles. The van der Waals surface area contributed by atoms with Crippen LogP contribution in [0.25, 0.3) is 10.6 Å². The molecule has 0 saturated carbocycles. The first-order valence-electron chi connectivity index (χ1n) is 11.7. The van der Waals surface area contributed by atoms with Crippen molar-refractivity contribution in [2.75, 3.05) is 26.2 Å². The topological polar surface area (TPSA) is 12.5 Å². The third-order valence-electron chi connectivity index (χ3n) is 5.73. The van der Waals surface area contributed by atoms with E-state index in [0.29, 0.717) is 0 Å². The maximum absolute atomic E-state index is 6.90. The van der Waals surface area contributed by atoms with E-state index in [1.807, 2.05) is 60.7 Å². The van der Waals surface area contributed by atoms with E-state index in [2.05, 4.69) is 43.0 Å². The van der Waals surface area contributed by atoms with Gasteiger partial charge in [-0.2, -0.15) is 0 Å². The summed E-state index contributed by atoms with van der Waals surface area (Å²) in [6.07, 6.45) is 3.51. The van der Waals surface area contributed by atoms with Gasteiger partial charge in [0.2, 0.25) is 0 Å². The molecule has 0 saturated heterocycles. The van der Waals surface area contributed by atoms with Gasteiger partial charge >= 0.3 is 0 Å². The summed E-state index contributed by atoms with van der Waals surface area (Å²) in [6, 6.07) is 28.7.